The fraction of sp³-hybridized carbons (Fsp3) is 0.667. The number of hydrogen-bond acceptors (Lipinski definition) is 9. The molecule has 1 aromatic heterocycles. The Balaban J connectivity index is 1.19. The van der Waals surface area contributed by atoms with Crippen molar-refractivity contribution in [2.45, 2.75) is 63.4 Å². The van der Waals surface area contributed by atoms with E-state index in [2.05, 4.69) is 20.0 Å². The number of rotatable bonds is 11. The molecule has 0 radical (unpaired) electrons. The number of piperazine rings is 1. The van der Waals surface area contributed by atoms with Crippen molar-refractivity contribution in [2.75, 3.05) is 59.5 Å². The van der Waals surface area contributed by atoms with Gasteiger partial charge in [0, 0.05) is 32.2 Å². The molecule has 2 saturated heterocycles. The predicted octanol–water partition coefficient (Wildman–Crippen LogP) is 2.29. The molecule has 1 aliphatic carbocycles. The van der Waals surface area contributed by atoms with E-state index in [1.54, 1.807) is 38.0 Å². The highest BCUT2D eigenvalue weighted by molar-refractivity contribution is 7.89. The first-order valence-corrected chi connectivity index (χ1v) is 15.4. The van der Waals surface area contributed by atoms with Gasteiger partial charge in [-0.15, -0.1) is 10.2 Å². The average molecular weight is 561 g/mol. The highest BCUT2D eigenvalue weighted by Crippen LogP contribution is 2.36. The van der Waals surface area contributed by atoms with E-state index in [9.17, 15) is 13.2 Å². The van der Waals surface area contributed by atoms with Gasteiger partial charge in [0.15, 0.2) is 0 Å². The van der Waals surface area contributed by atoms with E-state index in [0.29, 0.717) is 30.0 Å². The zero-order valence-electron chi connectivity index (χ0n) is 23.3. The van der Waals surface area contributed by atoms with Gasteiger partial charge in [-0.1, -0.05) is 0 Å². The van der Waals surface area contributed by atoms with Gasteiger partial charge in [0.25, 0.3) is 0 Å². The number of ether oxygens (including phenoxy) is 1. The standard InChI is InChI=1S/C27H40N6O5S/c1-20-17-23(37-3)18-21(2)25(20)39(35,36)33(22-7-8-22)19-24-28-29-26(38-24)27(34)32-15-13-31(14-16-32)12-6-11-30-9-4-5-10-30/h17-18,22H,4-16,19H2,1-3H3. The van der Waals surface area contributed by atoms with Gasteiger partial charge in [-0.2, -0.15) is 4.31 Å². The molecule has 214 valence electrons. The molecule has 3 fully saturated rings. The molecule has 2 aromatic rings. The second-order valence-electron chi connectivity index (χ2n) is 10.9. The minimum absolute atomic E-state index is 0.0665. The first-order valence-electron chi connectivity index (χ1n) is 14.0. The number of carbonyl (C=O) groups excluding carboxylic acids is 1. The first kappa shape index (κ1) is 28.0. The summed E-state index contributed by atoms with van der Waals surface area (Å²) in [7, 11) is -2.27. The predicted molar refractivity (Wildman–Crippen MR) is 145 cm³/mol. The van der Waals surface area contributed by atoms with Crippen molar-refractivity contribution in [3.8, 4) is 5.75 Å². The van der Waals surface area contributed by atoms with E-state index in [4.69, 9.17) is 9.15 Å². The van der Waals surface area contributed by atoms with E-state index in [-0.39, 0.29) is 35.2 Å². The highest BCUT2D eigenvalue weighted by atomic mass is 32.2. The van der Waals surface area contributed by atoms with Gasteiger partial charge in [-0.05, 0) is 95.4 Å². The molecule has 0 bridgehead atoms. The number of aryl methyl sites for hydroxylation is 2. The lowest BCUT2D eigenvalue weighted by Gasteiger charge is -2.34. The van der Waals surface area contributed by atoms with Crippen molar-refractivity contribution in [3.05, 3.63) is 35.0 Å². The number of carbonyl (C=O) groups is 1. The summed E-state index contributed by atoms with van der Waals surface area (Å²) in [6.45, 7) is 11.0. The lowest BCUT2D eigenvalue weighted by Crippen LogP contribution is -2.49. The van der Waals surface area contributed by atoms with E-state index in [1.807, 2.05) is 0 Å². The van der Waals surface area contributed by atoms with Gasteiger partial charge in [-0.25, -0.2) is 8.42 Å². The third kappa shape index (κ3) is 6.45. The Bertz CT molecular complexity index is 1240. The van der Waals surface area contributed by atoms with Crippen LogP contribution in [0.5, 0.6) is 5.75 Å². The molecule has 2 aliphatic heterocycles. The van der Waals surface area contributed by atoms with E-state index >= 15 is 0 Å². The lowest BCUT2D eigenvalue weighted by molar-refractivity contribution is 0.0592. The third-order valence-corrected chi connectivity index (χ3v) is 10.1. The molecular formula is C27H40N6O5S. The summed E-state index contributed by atoms with van der Waals surface area (Å²) < 4.78 is 39.9. The van der Waals surface area contributed by atoms with Crippen molar-refractivity contribution in [1.82, 2.24) is 29.2 Å². The van der Waals surface area contributed by atoms with Crippen molar-refractivity contribution >= 4 is 15.9 Å². The Labute approximate surface area is 231 Å². The monoisotopic (exact) mass is 560 g/mol. The molecular weight excluding hydrogens is 520 g/mol. The molecule has 3 aliphatic rings. The van der Waals surface area contributed by atoms with Crippen LogP contribution in [0.1, 0.15) is 59.8 Å². The van der Waals surface area contributed by atoms with Gasteiger partial charge in [-0.3, -0.25) is 9.69 Å². The number of likely N-dealkylation sites (tertiary alicyclic amines) is 1. The highest BCUT2D eigenvalue weighted by Gasteiger charge is 2.40. The summed E-state index contributed by atoms with van der Waals surface area (Å²) in [5, 5.41) is 8.03. The molecule has 12 heteroatoms. The molecule has 11 nitrogen and oxygen atoms in total. The van der Waals surface area contributed by atoms with E-state index in [1.165, 1.54) is 30.2 Å². The van der Waals surface area contributed by atoms with Crippen LogP contribution < -0.4 is 4.74 Å². The van der Waals surface area contributed by atoms with Crippen LogP contribution in [0.25, 0.3) is 0 Å². The van der Waals surface area contributed by atoms with Gasteiger partial charge < -0.3 is 19.0 Å². The maximum atomic E-state index is 13.7. The molecule has 1 saturated carbocycles. The average Bonchev–Trinajstić information content (AvgIpc) is 3.40. The molecule has 1 amide bonds. The van der Waals surface area contributed by atoms with E-state index < -0.39 is 10.0 Å². The minimum atomic E-state index is -3.83. The molecule has 1 aromatic carbocycles. The summed E-state index contributed by atoms with van der Waals surface area (Å²) in [6.07, 6.45) is 5.32. The van der Waals surface area contributed by atoms with E-state index in [0.717, 1.165) is 45.4 Å². The first-order chi connectivity index (χ1) is 18.8. The maximum absolute atomic E-state index is 13.7. The molecule has 0 unspecified atom stereocenters. The summed E-state index contributed by atoms with van der Waals surface area (Å²) >= 11 is 0. The van der Waals surface area contributed by atoms with Gasteiger partial charge >= 0.3 is 11.8 Å². The molecule has 3 heterocycles. The van der Waals surface area contributed by atoms with Crippen LogP contribution in [0, 0.1) is 13.8 Å². The third-order valence-electron chi connectivity index (χ3n) is 7.94. The Kier molecular flexibility index (Phi) is 8.55. The lowest BCUT2D eigenvalue weighted by atomic mass is 10.1. The number of hydrogen-bond donors (Lipinski definition) is 0. The number of sulfonamides is 1. The Morgan fingerprint density at radius 2 is 1.62 bits per heavy atom. The smallest absolute Gasteiger partial charge is 0.311 e. The van der Waals surface area contributed by atoms with Crippen molar-refractivity contribution in [2.24, 2.45) is 0 Å². The Hall–Kier alpha value is -2.54. The second kappa shape index (κ2) is 11.9. The maximum Gasteiger partial charge on any atom is 0.311 e. The fourth-order valence-corrected chi connectivity index (χ4v) is 7.75. The van der Waals surface area contributed by atoms with Crippen LogP contribution >= 0.6 is 0 Å². The Morgan fingerprint density at radius 3 is 2.21 bits per heavy atom. The molecule has 5 rings (SSSR count). The normalized spacial score (nSPS) is 19.2. The number of benzene rings is 1. The van der Waals surface area contributed by atoms with Gasteiger partial charge in [0.05, 0.1) is 18.6 Å². The summed E-state index contributed by atoms with van der Waals surface area (Å²) in [5.41, 5.74) is 1.24. The zero-order chi connectivity index (χ0) is 27.6. The van der Waals surface area contributed by atoms with Crippen molar-refractivity contribution < 1.29 is 22.4 Å². The van der Waals surface area contributed by atoms with Crippen LogP contribution in [0.4, 0.5) is 0 Å². The number of aromatic nitrogens is 2. The zero-order valence-corrected chi connectivity index (χ0v) is 24.1. The summed E-state index contributed by atoms with van der Waals surface area (Å²) in [5.74, 6) is 0.355. The van der Waals surface area contributed by atoms with Crippen LogP contribution in [-0.4, -0.2) is 109 Å². The number of amides is 1. The Morgan fingerprint density at radius 1 is 1.00 bits per heavy atom. The topological polar surface area (TPSA) is 112 Å². The second-order valence-corrected chi connectivity index (χ2v) is 12.7. The molecule has 0 spiro atoms. The van der Waals surface area contributed by atoms with Crippen molar-refractivity contribution in [3.63, 3.8) is 0 Å². The van der Waals surface area contributed by atoms with Crippen LogP contribution in [0.2, 0.25) is 0 Å². The van der Waals surface area contributed by atoms with Crippen LogP contribution in [-0.2, 0) is 16.6 Å². The summed E-state index contributed by atoms with van der Waals surface area (Å²) in [4.78, 5) is 20.0. The van der Waals surface area contributed by atoms with Crippen molar-refractivity contribution in [1.29, 1.82) is 0 Å². The quantitative estimate of drug-likeness (QED) is 0.409. The molecule has 0 atom stereocenters. The fourth-order valence-electron chi connectivity index (χ4n) is 5.70. The molecule has 39 heavy (non-hydrogen) atoms. The van der Waals surface area contributed by atoms with Crippen LogP contribution in [0.3, 0.4) is 0 Å². The minimum Gasteiger partial charge on any atom is -0.497 e. The number of nitrogens with zero attached hydrogens (tertiary/aromatic N) is 6. The number of methoxy groups -OCH3 is 1. The SMILES string of the molecule is COc1cc(C)c(S(=O)(=O)N(Cc2nnc(C(=O)N3CCN(CCCN4CCCC4)CC3)o2)C2CC2)c(C)c1. The largest absolute Gasteiger partial charge is 0.497 e. The van der Waals surface area contributed by atoms with Gasteiger partial charge in [0.2, 0.25) is 15.9 Å². The summed E-state index contributed by atoms with van der Waals surface area (Å²) in [6, 6.07) is 3.32. The van der Waals surface area contributed by atoms with Gasteiger partial charge in [0.1, 0.15) is 5.75 Å². The van der Waals surface area contributed by atoms with Crippen LogP contribution in [0.15, 0.2) is 21.4 Å². The molecule has 0 N–H and O–H groups in total.